The normalized spacial score (nSPS) is 10.3. The van der Waals surface area contributed by atoms with Gasteiger partial charge < -0.3 is 16.0 Å². The quantitative estimate of drug-likeness (QED) is 0.745. The van der Waals surface area contributed by atoms with Gasteiger partial charge in [-0.2, -0.15) is 0 Å². The molecule has 3 amide bonds. The number of carbonyl (C=O) groups is 3. The number of hydrogen-bond donors (Lipinski definition) is 3. The average molecular weight is 353 g/mol. The molecule has 6 heteroatoms. The first-order valence-electron chi connectivity index (χ1n) is 8.43. The maximum atomic E-state index is 12.5. The molecule has 0 spiro atoms. The molecule has 136 valence electrons. The highest BCUT2D eigenvalue weighted by molar-refractivity contribution is 6.09. The van der Waals surface area contributed by atoms with E-state index in [2.05, 4.69) is 16.0 Å². The number of para-hydroxylation sites is 1. The van der Waals surface area contributed by atoms with Crippen molar-refractivity contribution in [3.8, 4) is 0 Å². The van der Waals surface area contributed by atoms with Crippen molar-refractivity contribution in [1.29, 1.82) is 0 Å². The van der Waals surface area contributed by atoms with Crippen molar-refractivity contribution in [2.75, 3.05) is 17.2 Å². The number of benzene rings is 2. The molecule has 0 aromatic heterocycles. The van der Waals surface area contributed by atoms with Gasteiger partial charge in [-0.25, -0.2) is 0 Å². The van der Waals surface area contributed by atoms with E-state index in [1.807, 2.05) is 13.8 Å². The minimum absolute atomic E-state index is 0.213. The van der Waals surface area contributed by atoms with Crippen LogP contribution in [0.15, 0.2) is 48.5 Å². The third kappa shape index (κ3) is 5.44. The summed E-state index contributed by atoms with van der Waals surface area (Å²) >= 11 is 0. The van der Waals surface area contributed by atoms with E-state index in [0.29, 0.717) is 35.0 Å². The van der Waals surface area contributed by atoms with Crippen LogP contribution in [0.1, 0.15) is 41.5 Å². The van der Waals surface area contributed by atoms with Gasteiger partial charge >= 0.3 is 0 Å². The molecule has 0 radical (unpaired) electrons. The zero-order valence-electron chi connectivity index (χ0n) is 15.1. The summed E-state index contributed by atoms with van der Waals surface area (Å²) < 4.78 is 0. The highest BCUT2D eigenvalue weighted by Crippen LogP contribution is 2.18. The lowest BCUT2D eigenvalue weighted by Gasteiger charge is -2.13. The van der Waals surface area contributed by atoms with Gasteiger partial charge in [0, 0.05) is 24.7 Å². The molecule has 0 aliphatic carbocycles. The second-order valence-corrected chi connectivity index (χ2v) is 6.37. The fraction of sp³-hybridized carbons (Fsp3) is 0.250. The van der Waals surface area contributed by atoms with Gasteiger partial charge in [-0.05, 0) is 36.2 Å². The predicted octanol–water partition coefficient (Wildman–Crippen LogP) is 3.28. The molecule has 0 aliphatic rings. The van der Waals surface area contributed by atoms with Crippen LogP contribution in [0.25, 0.3) is 0 Å². The van der Waals surface area contributed by atoms with E-state index in [1.165, 1.54) is 6.92 Å². The topological polar surface area (TPSA) is 87.3 Å². The fourth-order valence-corrected chi connectivity index (χ4v) is 2.32. The van der Waals surface area contributed by atoms with E-state index in [1.54, 1.807) is 48.5 Å². The van der Waals surface area contributed by atoms with Gasteiger partial charge in [0.2, 0.25) is 5.91 Å². The number of rotatable bonds is 6. The summed E-state index contributed by atoms with van der Waals surface area (Å²) in [5.41, 5.74) is 1.75. The van der Waals surface area contributed by atoms with Crippen molar-refractivity contribution in [3.05, 3.63) is 59.7 Å². The van der Waals surface area contributed by atoms with Gasteiger partial charge in [-0.1, -0.05) is 32.0 Å². The molecule has 2 aromatic rings. The SMILES string of the molecule is CC(=O)Nc1cccc(C(=O)Nc2ccccc2C(=O)NCC(C)C)c1. The van der Waals surface area contributed by atoms with E-state index < -0.39 is 0 Å². The summed E-state index contributed by atoms with van der Waals surface area (Å²) in [5.74, 6) is -0.477. The molecule has 0 atom stereocenters. The molecule has 2 rings (SSSR count). The molecule has 0 saturated carbocycles. The molecule has 6 nitrogen and oxygen atoms in total. The van der Waals surface area contributed by atoms with Crippen molar-refractivity contribution < 1.29 is 14.4 Å². The third-order valence-electron chi connectivity index (χ3n) is 3.54. The Bertz CT molecular complexity index is 815. The lowest BCUT2D eigenvalue weighted by Crippen LogP contribution is -2.28. The van der Waals surface area contributed by atoms with Gasteiger partial charge in [0.1, 0.15) is 0 Å². The first kappa shape index (κ1) is 19.2. The Labute approximate surface area is 153 Å². The Kier molecular flexibility index (Phi) is 6.49. The monoisotopic (exact) mass is 353 g/mol. The van der Waals surface area contributed by atoms with Gasteiger partial charge in [0.05, 0.1) is 11.3 Å². The summed E-state index contributed by atoms with van der Waals surface area (Å²) in [6.45, 7) is 5.98. The highest BCUT2D eigenvalue weighted by atomic mass is 16.2. The van der Waals surface area contributed by atoms with Gasteiger partial charge in [-0.15, -0.1) is 0 Å². The van der Waals surface area contributed by atoms with E-state index in [-0.39, 0.29) is 17.7 Å². The second-order valence-electron chi connectivity index (χ2n) is 6.37. The number of carbonyl (C=O) groups excluding carboxylic acids is 3. The molecule has 0 bridgehead atoms. The van der Waals surface area contributed by atoms with Crippen LogP contribution in [-0.4, -0.2) is 24.3 Å². The first-order chi connectivity index (χ1) is 12.4. The van der Waals surface area contributed by atoms with E-state index in [4.69, 9.17) is 0 Å². The summed E-state index contributed by atoms with van der Waals surface area (Å²) in [5, 5.41) is 8.25. The zero-order chi connectivity index (χ0) is 19.1. The van der Waals surface area contributed by atoms with Crippen molar-refractivity contribution in [2.24, 2.45) is 5.92 Å². The Hall–Kier alpha value is -3.15. The van der Waals surface area contributed by atoms with E-state index in [9.17, 15) is 14.4 Å². The molecule has 2 aromatic carbocycles. The Morgan fingerprint density at radius 2 is 1.65 bits per heavy atom. The van der Waals surface area contributed by atoms with Crippen LogP contribution in [0, 0.1) is 5.92 Å². The van der Waals surface area contributed by atoms with Crippen LogP contribution in [0.3, 0.4) is 0 Å². The first-order valence-corrected chi connectivity index (χ1v) is 8.43. The van der Waals surface area contributed by atoms with Crippen LogP contribution in [0.5, 0.6) is 0 Å². The molecule has 0 heterocycles. The molecule has 0 aliphatic heterocycles. The Morgan fingerprint density at radius 3 is 2.35 bits per heavy atom. The molecular weight excluding hydrogens is 330 g/mol. The Balaban J connectivity index is 2.17. The van der Waals surface area contributed by atoms with Crippen LogP contribution in [0.2, 0.25) is 0 Å². The second kappa shape index (κ2) is 8.80. The van der Waals surface area contributed by atoms with Crippen LogP contribution < -0.4 is 16.0 Å². The summed E-state index contributed by atoms with van der Waals surface area (Å²) in [6, 6.07) is 13.5. The van der Waals surface area contributed by atoms with Crippen LogP contribution in [-0.2, 0) is 4.79 Å². The molecule has 0 saturated heterocycles. The molecule has 3 N–H and O–H groups in total. The summed E-state index contributed by atoms with van der Waals surface area (Å²) in [7, 11) is 0. The zero-order valence-corrected chi connectivity index (χ0v) is 15.1. The number of hydrogen-bond acceptors (Lipinski definition) is 3. The van der Waals surface area contributed by atoms with Crippen LogP contribution in [0.4, 0.5) is 11.4 Å². The van der Waals surface area contributed by atoms with Crippen molar-refractivity contribution >= 4 is 29.1 Å². The minimum atomic E-state index is -0.360. The predicted molar refractivity (Wildman–Crippen MR) is 102 cm³/mol. The maximum Gasteiger partial charge on any atom is 0.255 e. The average Bonchev–Trinajstić information content (AvgIpc) is 2.59. The molecule has 0 unspecified atom stereocenters. The summed E-state index contributed by atoms with van der Waals surface area (Å²) in [6.07, 6.45) is 0. The van der Waals surface area contributed by atoms with Gasteiger partial charge in [0.25, 0.3) is 11.8 Å². The smallest absolute Gasteiger partial charge is 0.255 e. The van der Waals surface area contributed by atoms with E-state index >= 15 is 0 Å². The largest absolute Gasteiger partial charge is 0.352 e. The highest BCUT2D eigenvalue weighted by Gasteiger charge is 2.14. The maximum absolute atomic E-state index is 12.5. The van der Waals surface area contributed by atoms with Crippen molar-refractivity contribution in [2.45, 2.75) is 20.8 Å². The number of anilines is 2. The van der Waals surface area contributed by atoms with Gasteiger partial charge in [-0.3, -0.25) is 14.4 Å². The van der Waals surface area contributed by atoms with Crippen molar-refractivity contribution in [1.82, 2.24) is 5.32 Å². The van der Waals surface area contributed by atoms with Gasteiger partial charge in [0.15, 0.2) is 0 Å². The summed E-state index contributed by atoms with van der Waals surface area (Å²) in [4.78, 5) is 36.0. The lowest BCUT2D eigenvalue weighted by atomic mass is 10.1. The minimum Gasteiger partial charge on any atom is -0.352 e. The standard InChI is InChI=1S/C20H23N3O3/c1-13(2)12-21-20(26)17-9-4-5-10-18(17)23-19(25)15-7-6-8-16(11-15)22-14(3)24/h4-11,13H,12H2,1-3H3,(H,21,26)(H,22,24)(H,23,25). The lowest BCUT2D eigenvalue weighted by molar-refractivity contribution is -0.114. The third-order valence-corrected chi connectivity index (χ3v) is 3.54. The Morgan fingerprint density at radius 1 is 0.923 bits per heavy atom. The molecule has 26 heavy (non-hydrogen) atoms. The van der Waals surface area contributed by atoms with Crippen molar-refractivity contribution in [3.63, 3.8) is 0 Å². The van der Waals surface area contributed by atoms with E-state index in [0.717, 1.165) is 0 Å². The molecular formula is C20H23N3O3. The molecule has 0 fully saturated rings. The number of amides is 3. The fourth-order valence-electron chi connectivity index (χ4n) is 2.32. The van der Waals surface area contributed by atoms with Crippen LogP contribution >= 0.6 is 0 Å². The number of nitrogens with one attached hydrogen (secondary N) is 3.